The number of rotatable bonds is 11. The first-order chi connectivity index (χ1) is 24.8. The zero-order valence-corrected chi connectivity index (χ0v) is 31.8. The van der Waals surface area contributed by atoms with Crippen molar-refractivity contribution in [3.63, 3.8) is 0 Å². The van der Waals surface area contributed by atoms with Gasteiger partial charge in [-0.1, -0.05) is 19.4 Å². The van der Waals surface area contributed by atoms with Gasteiger partial charge in [0.15, 0.2) is 18.4 Å². The second kappa shape index (κ2) is 15.3. The van der Waals surface area contributed by atoms with Crippen molar-refractivity contribution in [3.8, 4) is 0 Å². The molecular weight excluding hydrogens is 692 g/mol. The van der Waals surface area contributed by atoms with E-state index in [2.05, 4.69) is 13.8 Å². The Hall–Kier alpha value is -1.11. The van der Waals surface area contributed by atoms with Crippen LogP contribution in [0.15, 0.2) is 11.6 Å². The van der Waals surface area contributed by atoms with Crippen LogP contribution in [0.2, 0.25) is 0 Å². The van der Waals surface area contributed by atoms with Gasteiger partial charge in [-0.25, -0.2) is 0 Å². The van der Waals surface area contributed by atoms with E-state index in [0.29, 0.717) is 32.1 Å². The number of carbonyl (C=O) groups excluding carboxylic acids is 1. The second-order valence-corrected chi connectivity index (χ2v) is 18.4. The molecule has 18 atom stereocenters. The second-order valence-electron chi connectivity index (χ2n) is 18.4. The molecule has 2 heterocycles. The van der Waals surface area contributed by atoms with Gasteiger partial charge in [0.25, 0.3) is 0 Å². The molecule has 0 aromatic carbocycles. The molecular formula is C39H64O14. The van der Waals surface area contributed by atoms with Crippen molar-refractivity contribution in [3.05, 3.63) is 11.6 Å². The summed E-state index contributed by atoms with van der Waals surface area (Å²) in [5, 5.41) is 94.5. The molecule has 0 amide bonds. The predicted octanol–water partition coefficient (Wildman–Crippen LogP) is 0.446. The molecule has 2 aliphatic heterocycles. The Morgan fingerprint density at radius 2 is 1.34 bits per heavy atom. The van der Waals surface area contributed by atoms with Crippen LogP contribution in [0.25, 0.3) is 0 Å². The van der Waals surface area contributed by atoms with E-state index in [-0.39, 0.29) is 40.3 Å². The van der Waals surface area contributed by atoms with E-state index in [1.165, 1.54) is 5.57 Å². The molecule has 0 aromatic rings. The third kappa shape index (κ3) is 7.68. The Balaban J connectivity index is 1.17. The van der Waals surface area contributed by atoms with Crippen LogP contribution in [0.1, 0.15) is 98.8 Å². The molecule has 0 spiro atoms. The first-order valence-electron chi connectivity index (χ1n) is 19.7. The normalized spacial score (nSPS) is 48.7. The van der Waals surface area contributed by atoms with Gasteiger partial charge >= 0.3 is 0 Å². The number of aliphatic hydroxyl groups excluding tert-OH is 7. The third-order valence-electron chi connectivity index (χ3n) is 14.4. The maximum absolute atomic E-state index is 14.1. The van der Waals surface area contributed by atoms with Crippen LogP contribution >= 0.6 is 0 Å². The molecule has 14 nitrogen and oxygen atoms in total. The van der Waals surface area contributed by atoms with Crippen LogP contribution in [-0.2, 0) is 23.7 Å². The smallest absolute Gasteiger partial charge is 0.187 e. The van der Waals surface area contributed by atoms with Crippen molar-refractivity contribution in [2.45, 2.75) is 178 Å². The Morgan fingerprint density at radius 3 is 1.98 bits per heavy atom. The van der Waals surface area contributed by atoms with E-state index in [1.54, 1.807) is 13.8 Å². The minimum atomic E-state index is -1.78. The summed E-state index contributed by atoms with van der Waals surface area (Å²) in [4.78, 5) is 14.1. The van der Waals surface area contributed by atoms with Gasteiger partial charge in [-0.05, 0) is 120 Å². The van der Waals surface area contributed by atoms with Gasteiger partial charge in [-0.3, -0.25) is 4.79 Å². The van der Waals surface area contributed by atoms with Crippen LogP contribution in [0.3, 0.4) is 0 Å². The van der Waals surface area contributed by atoms with Crippen molar-refractivity contribution in [1.29, 1.82) is 0 Å². The molecule has 0 bridgehead atoms. The van der Waals surface area contributed by atoms with E-state index in [4.69, 9.17) is 18.9 Å². The molecule has 6 aliphatic rings. The van der Waals surface area contributed by atoms with Crippen molar-refractivity contribution in [2.24, 2.45) is 34.5 Å². The lowest BCUT2D eigenvalue weighted by atomic mass is 9.47. The van der Waals surface area contributed by atoms with Crippen LogP contribution in [0.5, 0.6) is 0 Å². The summed E-state index contributed by atoms with van der Waals surface area (Å²) >= 11 is 0. The average molecular weight is 757 g/mol. The number of hydrogen-bond acceptors (Lipinski definition) is 14. The highest BCUT2D eigenvalue weighted by Gasteiger charge is 2.62. The molecule has 53 heavy (non-hydrogen) atoms. The summed E-state index contributed by atoms with van der Waals surface area (Å²) in [6.45, 7) is 8.69. The summed E-state index contributed by atoms with van der Waals surface area (Å²) in [6, 6.07) is 0. The van der Waals surface area contributed by atoms with Gasteiger partial charge in [-0.15, -0.1) is 0 Å². The highest BCUT2D eigenvalue weighted by Crippen LogP contribution is 2.67. The quantitative estimate of drug-likeness (QED) is 0.139. The fourth-order valence-corrected chi connectivity index (χ4v) is 11.4. The number of aliphatic hydroxyl groups is 9. The van der Waals surface area contributed by atoms with Gasteiger partial charge in [0.2, 0.25) is 0 Å². The van der Waals surface area contributed by atoms with E-state index >= 15 is 0 Å². The van der Waals surface area contributed by atoms with Crippen LogP contribution in [0.4, 0.5) is 0 Å². The molecule has 0 aromatic heterocycles. The summed E-state index contributed by atoms with van der Waals surface area (Å²) < 4.78 is 23.6. The summed E-state index contributed by atoms with van der Waals surface area (Å²) in [5.74, 6) is 0.172. The fraction of sp³-hybridized carbons (Fsp3) is 0.923. The molecule has 0 radical (unpaired) electrons. The van der Waals surface area contributed by atoms with Crippen LogP contribution in [-0.4, -0.2) is 144 Å². The number of ether oxygens (including phenoxy) is 4. The van der Waals surface area contributed by atoms with Gasteiger partial charge in [-0.2, -0.15) is 0 Å². The molecule has 6 rings (SSSR count). The number of carbonyl (C=O) groups is 1. The number of hydrogen-bond donors (Lipinski definition) is 9. The fourth-order valence-electron chi connectivity index (χ4n) is 11.4. The van der Waals surface area contributed by atoms with Gasteiger partial charge in [0.05, 0.1) is 30.5 Å². The highest BCUT2D eigenvalue weighted by molar-refractivity contribution is 5.94. The van der Waals surface area contributed by atoms with Crippen molar-refractivity contribution >= 4 is 5.78 Å². The maximum atomic E-state index is 14.1. The zero-order chi connectivity index (χ0) is 38.8. The Labute approximate surface area is 312 Å². The molecule has 18 unspecified atom stereocenters. The van der Waals surface area contributed by atoms with Crippen LogP contribution in [0, 0.1) is 34.5 Å². The molecule has 5 fully saturated rings. The molecule has 304 valence electrons. The standard InChI is InChI=1S/C39H64O14/c1-36(2,48)11-6-12-39(5,49)27-8-7-21-20-16-24(42)23-15-19(9-13-37(23,3)22(20)10-14-38(21,27)4)50-35-33(31(46)29(44)26(18-41)52-35)53-34-32(47)30(45)28(43)25(17-40)51-34/h16,19,21-23,25-35,40-41,43-49H,6-15,17-18H2,1-5H3. The molecule has 2 saturated heterocycles. The predicted molar refractivity (Wildman–Crippen MR) is 188 cm³/mol. The van der Waals surface area contributed by atoms with E-state index in [0.717, 1.165) is 32.1 Å². The summed E-state index contributed by atoms with van der Waals surface area (Å²) in [5.41, 5.74) is -0.917. The number of ketones is 1. The summed E-state index contributed by atoms with van der Waals surface area (Å²) in [6.07, 6.45) is -6.86. The van der Waals surface area contributed by atoms with E-state index in [1.807, 2.05) is 13.0 Å². The maximum Gasteiger partial charge on any atom is 0.187 e. The molecule has 3 saturated carbocycles. The van der Waals surface area contributed by atoms with Crippen molar-refractivity contribution < 1.29 is 69.7 Å². The topological polar surface area (TPSA) is 236 Å². The third-order valence-corrected chi connectivity index (χ3v) is 14.4. The Bertz CT molecular complexity index is 1330. The lowest BCUT2D eigenvalue weighted by Gasteiger charge is -2.58. The first kappa shape index (κ1) is 41.5. The van der Waals surface area contributed by atoms with Crippen LogP contribution < -0.4 is 0 Å². The summed E-state index contributed by atoms with van der Waals surface area (Å²) in [7, 11) is 0. The van der Waals surface area contributed by atoms with E-state index in [9.17, 15) is 50.8 Å². The Morgan fingerprint density at radius 1 is 0.736 bits per heavy atom. The molecule has 14 heteroatoms. The number of fused-ring (bicyclic) bond motifs is 5. The highest BCUT2D eigenvalue weighted by atomic mass is 16.8. The SMILES string of the molecule is CC(C)(O)CCCC(C)(O)C1CCC2C3=CC(=O)C4CC(OC5OC(CO)C(O)C(O)C5OC5OC(CO)C(O)C(O)C5O)CCC4(C)C3CCC21C. The van der Waals surface area contributed by atoms with E-state index < -0.39 is 91.9 Å². The first-order valence-corrected chi connectivity index (χ1v) is 19.7. The van der Waals surface area contributed by atoms with Gasteiger partial charge in [0.1, 0.15) is 48.8 Å². The van der Waals surface area contributed by atoms with Crippen molar-refractivity contribution in [1.82, 2.24) is 0 Å². The number of allylic oxidation sites excluding steroid dienone is 2. The Kier molecular flexibility index (Phi) is 12.0. The monoisotopic (exact) mass is 756 g/mol. The lowest BCUT2D eigenvalue weighted by molar-refractivity contribution is -0.373. The van der Waals surface area contributed by atoms with Crippen molar-refractivity contribution in [2.75, 3.05) is 13.2 Å². The largest absolute Gasteiger partial charge is 0.394 e. The minimum Gasteiger partial charge on any atom is -0.394 e. The average Bonchev–Trinajstić information content (AvgIpc) is 3.46. The molecule has 9 N–H and O–H groups in total. The van der Waals surface area contributed by atoms with Gasteiger partial charge in [0, 0.05) is 5.92 Å². The zero-order valence-electron chi connectivity index (χ0n) is 31.8. The molecule has 4 aliphatic carbocycles. The minimum absolute atomic E-state index is 0.0408. The lowest BCUT2D eigenvalue weighted by Crippen LogP contribution is -2.65. The van der Waals surface area contributed by atoms with Gasteiger partial charge < -0.3 is 64.9 Å².